The molecule has 3 fully saturated rings. The van der Waals surface area contributed by atoms with Crippen LogP contribution in [-0.4, -0.2) is 36.7 Å². The van der Waals surface area contributed by atoms with Gasteiger partial charge >= 0.3 is 17.9 Å². The lowest BCUT2D eigenvalue weighted by atomic mass is 9.75. The van der Waals surface area contributed by atoms with E-state index in [1.807, 2.05) is 0 Å². The Balaban J connectivity index is 1.74. The second kappa shape index (κ2) is 3.53. The largest absolute Gasteiger partial charge is 0.465 e. The van der Waals surface area contributed by atoms with Gasteiger partial charge in [-0.3, -0.25) is 14.4 Å². The maximum absolute atomic E-state index is 11.5. The summed E-state index contributed by atoms with van der Waals surface area (Å²) in [5, 5.41) is 0. The van der Waals surface area contributed by atoms with E-state index in [-0.39, 0.29) is 30.7 Å². The molecule has 0 aromatic carbocycles. The van der Waals surface area contributed by atoms with E-state index in [2.05, 4.69) is 4.74 Å². The number of rotatable bonds is 2. The van der Waals surface area contributed by atoms with Gasteiger partial charge in [-0.2, -0.15) is 0 Å². The lowest BCUT2D eigenvalue weighted by Gasteiger charge is -2.23. The molecule has 3 aliphatic rings. The van der Waals surface area contributed by atoms with Crippen molar-refractivity contribution in [1.29, 1.82) is 0 Å². The van der Waals surface area contributed by atoms with Crippen LogP contribution in [0, 0.1) is 17.8 Å². The minimum absolute atomic E-state index is 0.0106. The molecule has 0 radical (unpaired) electrons. The Morgan fingerprint density at radius 2 is 2.06 bits per heavy atom. The third-order valence-electron chi connectivity index (χ3n) is 3.72. The van der Waals surface area contributed by atoms with Crippen LogP contribution in [0.5, 0.6) is 0 Å². The van der Waals surface area contributed by atoms with Crippen LogP contribution in [0.15, 0.2) is 0 Å². The number of hydrogen-bond acceptors (Lipinski definition) is 6. The zero-order valence-electron chi connectivity index (χ0n) is 9.25. The van der Waals surface area contributed by atoms with Crippen molar-refractivity contribution in [2.24, 2.45) is 17.8 Å². The number of ether oxygens (including phenoxy) is 3. The Bertz CT molecular complexity index is 403. The molecular formula is C11H12O6. The first-order valence-electron chi connectivity index (χ1n) is 5.62. The molecule has 0 aromatic heterocycles. The summed E-state index contributed by atoms with van der Waals surface area (Å²) >= 11 is 0. The fraction of sp³-hybridized carbons (Fsp3) is 0.727. The van der Waals surface area contributed by atoms with Gasteiger partial charge in [-0.05, 0) is 6.42 Å². The third-order valence-corrected chi connectivity index (χ3v) is 3.72. The zero-order chi connectivity index (χ0) is 12.2. The van der Waals surface area contributed by atoms with Crippen LogP contribution in [0.3, 0.4) is 0 Å². The quantitative estimate of drug-likeness (QED) is 0.485. The van der Waals surface area contributed by atoms with Gasteiger partial charge in [0.05, 0.1) is 30.7 Å². The number of hydrogen-bond donors (Lipinski definition) is 0. The fourth-order valence-electron chi connectivity index (χ4n) is 3.05. The van der Waals surface area contributed by atoms with E-state index in [9.17, 15) is 14.4 Å². The van der Waals surface area contributed by atoms with Gasteiger partial charge in [0.15, 0.2) is 0 Å². The summed E-state index contributed by atoms with van der Waals surface area (Å²) in [6.07, 6.45) is 0.0365. The second-order valence-corrected chi connectivity index (χ2v) is 4.73. The molecule has 3 rings (SSSR count). The Morgan fingerprint density at radius 1 is 1.35 bits per heavy atom. The minimum atomic E-state index is -0.500. The molecule has 0 spiro atoms. The number of esters is 3. The highest BCUT2D eigenvalue weighted by molar-refractivity contribution is 5.98. The molecule has 0 unspecified atom stereocenters. The summed E-state index contributed by atoms with van der Waals surface area (Å²) in [6, 6.07) is 0. The standard InChI is InChI=1S/C11H12O6/c1-4(12)15-3-5-2-6-7-8(9(5)16-6)11(14)17-10(7)13/h5-9H,2-3H2,1H3/t5-,6+,7+,8+,9-/m1/s1. The Labute approximate surface area is 97.2 Å². The summed E-state index contributed by atoms with van der Waals surface area (Å²) in [5.74, 6) is -2.28. The molecule has 0 aliphatic carbocycles. The van der Waals surface area contributed by atoms with E-state index in [0.717, 1.165) is 0 Å². The number of fused-ring (bicyclic) bond motifs is 5. The molecule has 3 aliphatic heterocycles. The van der Waals surface area contributed by atoms with Crippen LogP contribution in [-0.2, 0) is 28.6 Å². The summed E-state index contributed by atoms with van der Waals surface area (Å²) in [6.45, 7) is 1.57. The Morgan fingerprint density at radius 3 is 2.76 bits per heavy atom. The molecule has 5 atom stereocenters. The normalized spacial score (nSPS) is 42.5. The number of carbonyl (C=O) groups is 3. The van der Waals surface area contributed by atoms with E-state index in [1.54, 1.807) is 0 Å². The van der Waals surface area contributed by atoms with Gasteiger partial charge in [-0.1, -0.05) is 0 Å². The molecule has 17 heavy (non-hydrogen) atoms. The first-order chi connectivity index (χ1) is 8.08. The van der Waals surface area contributed by atoms with Crippen molar-refractivity contribution in [3.63, 3.8) is 0 Å². The van der Waals surface area contributed by atoms with E-state index in [1.165, 1.54) is 6.92 Å². The summed E-state index contributed by atoms with van der Waals surface area (Å²) in [5.41, 5.74) is 0. The average Bonchev–Trinajstić information content (AvgIpc) is 2.88. The molecular weight excluding hydrogens is 228 g/mol. The predicted octanol–water partition coefficient (Wildman–Crippen LogP) is -0.347. The predicted molar refractivity (Wildman–Crippen MR) is 51.5 cm³/mol. The molecule has 6 nitrogen and oxygen atoms in total. The van der Waals surface area contributed by atoms with Gasteiger partial charge in [0.1, 0.15) is 0 Å². The van der Waals surface area contributed by atoms with Crippen molar-refractivity contribution in [3.05, 3.63) is 0 Å². The Kier molecular flexibility index (Phi) is 2.22. The summed E-state index contributed by atoms with van der Waals surface area (Å²) < 4.78 is 15.2. The maximum Gasteiger partial charge on any atom is 0.320 e. The lowest BCUT2D eigenvalue weighted by molar-refractivity contribution is -0.156. The van der Waals surface area contributed by atoms with E-state index in [4.69, 9.17) is 9.47 Å². The van der Waals surface area contributed by atoms with Crippen molar-refractivity contribution in [1.82, 2.24) is 0 Å². The van der Waals surface area contributed by atoms with Crippen LogP contribution in [0.25, 0.3) is 0 Å². The monoisotopic (exact) mass is 240 g/mol. The van der Waals surface area contributed by atoms with Gasteiger partial charge < -0.3 is 14.2 Å². The van der Waals surface area contributed by atoms with Crippen LogP contribution < -0.4 is 0 Å². The van der Waals surface area contributed by atoms with Crippen molar-refractivity contribution in [2.45, 2.75) is 25.6 Å². The van der Waals surface area contributed by atoms with Crippen LogP contribution in [0.4, 0.5) is 0 Å². The van der Waals surface area contributed by atoms with Crippen LogP contribution in [0.2, 0.25) is 0 Å². The zero-order valence-corrected chi connectivity index (χ0v) is 9.25. The highest BCUT2D eigenvalue weighted by Gasteiger charge is 2.64. The molecule has 0 N–H and O–H groups in total. The maximum atomic E-state index is 11.5. The van der Waals surface area contributed by atoms with Crippen LogP contribution in [0.1, 0.15) is 13.3 Å². The second-order valence-electron chi connectivity index (χ2n) is 4.73. The molecule has 0 saturated carbocycles. The van der Waals surface area contributed by atoms with E-state index in [0.29, 0.717) is 6.42 Å². The first-order valence-corrected chi connectivity index (χ1v) is 5.62. The van der Waals surface area contributed by atoms with Gasteiger partial charge in [0.25, 0.3) is 0 Å². The molecule has 92 valence electrons. The number of cyclic esters (lactones) is 2. The van der Waals surface area contributed by atoms with Crippen LogP contribution >= 0.6 is 0 Å². The van der Waals surface area contributed by atoms with Crippen molar-refractivity contribution < 1.29 is 28.6 Å². The number of carbonyl (C=O) groups excluding carboxylic acids is 3. The van der Waals surface area contributed by atoms with E-state index < -0.39 is 23.8 Å². The van der Waals surface area contributed by atoms with E-state index >= 15 is 0 Å². The van der Waals surface area contributed by atoms with Gasteiger partial charge in [0, 0.05) is 12.8 Å². The molecule has 6 heteroatoms. The highest BCUT2D eigenvalue weighted by atomic mass is 16.6. The van der Waals surface area contributed by atoms with Gasteiger partial charge in [0.2, 0.25) is 0 Å². The molecule has 0 aromatic rings. The third kappa shape index (κ3) is 1.47. The molecule has 2 bridgehead atoms. The smallest absolute Gasteiger partial charge is 0.320 e. The summed E-state index contributed by atoms with van der Waals surface area (Å²) in [7, 11) is 0. The lowest BCUT2D eigenvalue weighted by Crippen LogP contribution is -2.37. The minimum Gasteiger partial charge on any atom is -0.465 e. The topological polar surface area (TPSA) is 78.9 Å². The highest BCUT2D eigenvalue weighted by Crippen LogP contribution is 2.50. The van der Waals surface area contributed by atoms with Crippen molar-refractivity contribution in [3.8, 4) is 0 Å². The Hall–Kier alpha value is -1.43. The molecule has 3 heterocycles. The average molecular weight is 240 g/mol. The van der Waals surface area contributed by atoms with Crippen molar-refractivity contribution >= 4 is 17.9 Å². The first kappa shape index (κ1) is 10.7. The SMILES string of the molecule is CC(=O)OC[C@H]1C[C@@H]2O[C@H]1[C@H]1C(=O)OC(=O)[C@H]12. The summed E-state index contributed by atoms with van der Waals surface area (Å²) in [4.78, 5) is 33.7. The fourth-order valence-corrected chi connectivity index (χ4v) is 3.05. The molecule has 3 saturated heterocycles. The van der Waals surface area contributed by atoms with Gasteiger partial charge in [-0.25, -0.2) is 0 Å². The van der Waals surface area contributed by atoms with Crippen molar-refractivity contribution in [2.75, 3.05) is 6.61 Å². The molecule has 0 amide bonds. The van der Waals surface area contributed by atoms with Gasteiger partial charge in [-0.15, -0.1) is 0 Å².